The monoisotopic (exact) mass is 1000 g/mol. The number of esters is 2. The maximum Gasteiger partial charge on any atom is 0.472 e. The summed E-state index contributed by atoms with van der Waals surface area (Å²) in [5, 5.41) is 30.0. The maximum absolute atomic E-state index is 12.2. The Labute approximate surface area is 409 Å². The average molecular weight is 1010 g/mol. The first-order valence-electron chi connectivity index (χ1n) is 25.3. The summed E-state index contributed by atoms with van der Waals surface area (Å²) in [5.41, 5.74) is 0. The van der Waals surface area contributed by atoms with Gasteiger partial charge in [0, 0.05) is 12.8 Å². The number of carbonyl (C=O) groups excluding carboxylic acids is 2. The van der Waals surface area contributed by atoms with Crippen LogP contribution in [0.3, 0.4) is 0 Å². The maximum atomic E-state index is 12.2. The van der Waals surface area contributed by atoms with E-state index in [0.29, 0.717) is 19.3 Å². The Morgan fingerprint density at radius 2 is 0.647 bits per heavy atom. The lowest BCUT2D eigenvalue weighted by Gasteiger charge is -2.19. The summed E-state index contributed by atoms with van der Waals surface area (Å²) < 4.78 is 53.0. The van der Waals surface area contributed by atoms with Crippen molar-refractivity contribution in [2.24, 2.45) is 0 Å². The number of aliphatic hydroxyl groups excluding tert-OH is 3. The Morgan fingerprint density at radius 3 is 1.00 bits per heavy atom. The van der Waals surface area contributed by atoms with Crippen molar-refractivity contribution in [3.63, 3.8) is 0 Å². The van der Waals surface area contributed by atoms with Crippen molar-refractivity contribution < 1.29 is 71.4 Å². The van der Waals surface area contributed by atoms with Crippen LogP contribution in [-0.4, -0.2) is 95.0 Å². The number of rotatable bonds is 48. The predicted octanol–water partition coefficient (Wildman–Crippen LogP) is 11.9. The van der Waals surface area contributed by atoms with E-state index in [0.717, 1.165) is 57.8 Å². The van der Waals surface area contributed by atoms with Gasteiger partial charge in [-0.05, 0) is 83.5 Å². The number of aliphatic hydroxyl groups is 3. The molecule has 0 spiro atoms. The first kappa shape index (κ1) is 65.5. The summed E-state index contributed by atoms with van der Waals surface area (Å²) in [6, 6.07) is 0. The molecule has 0 saturated carbocycles. The molecule has 0 aromatic rings. The van der Waals surface area contributed by atoms with Gasteiger partial charge in [-0.1, -0.05) is 157 Å². The molecule has 394 valence electrons. The molecular weight excluding hydrogens is 914 g/mol. The molecule has 0 aromatic heterocycles. The van der Waals surface area contributed by atoms with E-state index >= 15 is 0 Å². The summed E-state index contributed by atoms with van der Waals surface area (Å²) in [6.45, 7) is 0.296. The largest absolute Gasteiger partial charge is 0.472 e. The highest BCUT2D eigenvalue weighted by Crippen LogP contribution is 2.45. The van der Waals surface area contributed by atoms with Gasteiger partial charge in [-0.15, -0.1) is 0 Å². The van der Waals surface area contributed by atoms with Gasteiger partial charge in [0.15, 0.2) is 0 Å². The number of carbonyl (C=O) groups is 2. The van der Waals surface area contributed by atoms with Gasteiger partial charge in [0.05, 0.1) is 26.4 Å². The number of phosphoric acid groups is 2. The summed E-state index contributed by atoms with van der Waals surface area (Å²) in [4.78, 5) is 43.8. The zero-order valence-corrected chi connectivity index (χ0v) is 43.3. The Morgan fingerprint density at radius 1 is 0.382 bits per heavy atom. The van der Waals surface area contributed by atoms with E-state index in [4.69, 9.17) is 9.47 Å². The summed E-state index contributed by atoms with van der Waals surface area (Å²) in [7, 11) is -9.60. The van der Waals surface area contributed by atoms with Gasteiger partial charge < -0.3 is 34.6 Å². The summed E-state index contributed by atoms with van der Waals surface area (Å²) in [5.74, 6) is -1.06. The van der Waals surface area contributed by atoms with Crippen LogP contribution in [-0.2, 0) is 46.3 Å². The molecule has 5 unspecified atom stereocenters. The number of hydrogen-bond acceptors (Lipinski definition) is 13. The van der Waals surface area contributed by atoms with Crippen molar-refractivity contribution in [1.29, 1.82) is 0 Å². The molecule has 0 bridgehead atoms. The molecule has 0 amide bonds. The van der Waals surface area contributed by atoms with E-state index in [1.807, 2.05) is 12.2 Å². The van der Waals surface area contributed by atoms with Crippen molar-refractivity contribution >= 4 is 27.6 Å². The summed E-state index contributed by atoms with van der Waals surface area (Å²) in [6.07, 6.45) is 47.5. The van der Waals surface area contributed by atoms with Gasteiger partial charge in [0.25, 0.3) is 0 Å². The molecule has 5 N–H and O–H groups in total. The highest BCUT2D eigenvalue weighted by molar-refractivity contribution is 7.47. The zero-order valence-electron chi connectivity index (χ0n) is 41.5. The molecule has 0 aliphatic carbocycles. The summed E-state index contributed by atoms with van der Waals surface area (Å²) >= 11 is 0. The van der Waals surface area contributed by atoms with Crippen LogP contribution in [0.5, 0.6) is 0 Å². The van der Waals surface area contributed by atoms with E-state index in [2.05, 4.69) is 92.7 Å². The van der Waals surface area contributed by atoms with Crippen molar-refractivity contribution in [3.8, 4) is 0 Å². The predicted molar refractivity (Wildman–Crippen MR) is 270 cm³/mol. The molecule has 0 saturated heterocycles. The average Bonchev–Trinajstić information content (AvgIpc) is 3.31. The normalized spacial score (nSPS) is 15.6. The lowest BCUT2D eigenvalue weighted by atomic mass is 10.1. The Bertz CT molecular complexity index is 1500. The number of ether oxygens (including phenoxy) is 2. The molecule has 15 nitrogen and oxygen atoms in total. The third kappa shape index (κ3) is 48.5. The van der Waals surface area contributed by atoms with Crippen molar-refractivity contribution in [1.82, 2.24) is 0 Å². The minimum absolute atomic E-state index is 0.118. The Balaban J connectivity index is 3.93. The molecular formula is C51H90O15P2. The molecule has 0 radical (unpaired) electrons. The van der Waals surface area contributed by atoms with Gasteiger partial charge in [-0.25, -0.2) is 9.13 Å². The fraction of sp³-hybridized carbons (Fsp3) is 0.725. The van der Waals surface area contributed by atoms with E-state index in [9.17, 15) is 43.8 Å². The smallest absolute Gasteiger partial charge is 0.463 e. The third-order valence-electron chi connectivity index (χ3n) is 10.1. The van der Waals surface area contributed by atoms with Crippen LogP contribution in [0.2, 0.25) is 0 Å². The SMILES string of the molecule is CCCCC/C=C\C/C=C\C/C=C\C/C=C\CCCC(=O)OCC(O)COP(=O)(O)OCC(O)COP(=O)(O)OCC(O)COC(=O)CCCCCCCCCCC/C=C\C/C=C\CCCCC. The van der Waals surface area contributed by atoms with E-state index in [1.165, 1.54) is 77.0 Å². The van der Waals surface area contributed by atoms with Gasteiger partial charge >= 0.3 is 27.6 Å². The topological polar surface area (TPSA) is 225 Å². The molecule has 0 heterocycles. The first-order valence-corrected chi connectivity index (χ1v) is 28.3. The quantitative estimate of drug-likeness (QED) is 0.0165. The third-order valence-corrected chi connectivity index (χ3v) is 12.0. The van der Waals surface area contributed by atoms with Gasteiger partial charge in [-0.3, -0.25) is 27.7 Å². The zero-order chi connectivity index (χ0) is 50.2. The second-order valence-corrected chi connectivity index (χ2v) is 19.7. The van der Waals surface area contributed by atoms with E-state index in [1.54, 1.807) is 0 Å². The molecule has 0 aliphatic rings. The standard InChI is InChI=1S/C51H90O15P2/c1-3-5-7-9-11-13-15-17-19-21-22-24-26-28-30-32-34-36-38-40-51(56)62-42-48(53)44-64-68(59,60)66-46-49(54)45-65-67(57,58)63-43-47(52)41-61-50(55)39-37-35-33-31-29-27-25-23-20-18-16-14-12-10-8-6-4-2/h11-14,17-20,25,27,31,33,47-49,52-54H,3-10,15-16,21-24,26,28-30,32,34-46H2,1-2H3,(H,57,58)(H,59,60)/b13-11-,14-12-,19-17-,20-18-,27-25-,33-31-. The van der Waals surface area contributed by atoms with E-state index in [-0.39, 0.29) is 12.8 Å². The van der Waals surface area contributed by atoms with Gasteiger partial charge in [0.2, 0.25) is 0 Å². The molecule has 0 rings (SSSR count). The Hall–Kier alpha value is -2.52. The second-order valence-electron chi connectivity index (χ2n) is 16.8. The molecule has 5 atom stereocenters. The fourth-order valence-electron chi connectivity index (χ4n) is 6.18. The lowest BCUT2D eigenvalue weighted by Crippen LogP contribution is -2.25. The number of hydrogen-bond donors (Lipinski definition) is 5. The molecule has 0 aromatic carbocycles. The minimum atomic E-state index is -4.80. The van der Waals surface area contributed by atoms with Gasteiger partial charge in [-0.2, -0.15) is 0 Å². The van der Waals surface area contributed by atoms with Crippen LogP contribution in [0.15, 0.2) is 72.9 Å². The minimum Gasteiger partial charge on any atom is -0.463 e. The molecule has 0 fully saturated rings. The van der Waals surface area contributed by atoms with Crippen molar-refractivity contribution in [3.05, 3.63) is 72.9 Å². The number of phosphoric ester groups is 2. The van der Waals surface area contributed by atoms with Crippen LogP contribution in [0.1, 0.15) is 181 Å². The number of unbranched alkanes of at least 4 members (excludes halogenated alkanes) is 16. The van der Waals surface area contributed by atoms with E-state index < -0.39 is 85.5 Å². The highest BCUT2D eigenvalue weighted by Gasteiger charge is 2.28. The molecule has 0 aliphatic heterocycles. The van der Waals surface area contributed by atoms with Crippen LogP contribution in [0, 0.1) is 0 Å². The van der Waals surface area contributed by atoms with Crippen LogP contribution < -0.4 is 0 Å². The van der Waals surface area contributed by atoms with Crippen LogP contribution >= 0.6 is 15.6 Å². The Kier molecular flexibility index (Phi) is 45.1. The fourth-order valence-corrected chi connectivity index (χ4v) is 7.77. The first-order chi connectivity index (χ1) is 32.8. The van der Waals surface area contributed by atoms with Crippen LogP contribution in [0.4, 0.5) is 0 Å². The highest BCUT2D eigenvalue weighted by atomic mass is 31.2. The van der Waals surface area contributed by atoms with Crippen LogP contribution in [0.25, 0.3) is 0 Å². The molecule has 68 heavy (non-hydrogen) atoms. The molecule has 17 heteroatoms. The lowest BCUT2D eigenvalue weighted by molar-refractivity contribution is -0.148. The van der Waals surface area contributed by atoms with Crippen molar-refractivity contribution in [2.45, 2.75) is 199 Å². The number of allylic oxidation sites excluding steroid dienone is 12. The second kappa shape index (κ2) is 46.8. The van der Waals surface area contributed by atoms with Crippen molar-refractivity contribution in [2.75, 3.05) is 39.6 Å². The van der Waals surface area contributed by atoms with Gasteiger partial charge in [0.1, 0.15) is 31.5 Å².